The molecule has 0 spiro atoms. The standard InChI is InChI=1S/C14H12O4/c1-3-9-6-4-5-7-10(9)11-8-14(11,12(15)16)13(17)18-2/h1,4-7,11H,8H2,2H3,(H,15,16)/t11-,14-/m0/s1. The quantitative estimate of drug-likeness (QED) is 0.496. The average Bonchev–Trinajstić information content (AvgIpc) is 3.14. The Morgan fingerprint density at radius 3 is 2.72 bits per heavy atom. The third kappa shape index (κ3) is 1.56. The van der Waals surface area contributed by atoms with Gasteiger partial charge in [0.25, 0.3) is 0 Å². The van der Waals surface area contributed by atoms with Gasteiger partial charge >= 0.3 is 11.9 Å². The lowest BCUT2D eigenvalue weighted by Crippen LogP contribution is -2.28. The van der Waals surface area contributed by atoms with Gasteiger partial charge in [0.05, 0.1) is 7.11 Å². The summed E-state index contributed by atoms with van der Waals surface area (Å²) in [6.45, 7) is 0. The highest BCUT2D eigenvalue weighted by molar-refractivity contribution is 6.04. The molecule has 0 radical (unpaired) electrons. The topological polar surface area (TPSA) is 63.6 Å². The maximum atomic E-state index is 11.7. The Bertz CT molecular complexity index is 555. The molecule has 0 saturated heterocycles. The first kappa shape index (κ1) is 12.2. The smallest absolute Gasteiger partial charge is 0.323 e. The van der Waals surface area contributed by atoms with Crippen molar-refractivity contribution in [2.75, 3.05) is 7.11 Å². The van der Waals surface area contributed by atoms with Crippen LogP contribution in [-0.2, 0) is 14.3 Å². The van der Waals surface area contributed by atoms with Gasteiger partial charge in [-0.25, -0.2) is 0 Å². The molecule has 92 valence electrons. The summed E-state index contributed by atoms with van der Waals surface area (Å²) in [5.41, 5.74) is -0.135. The zero-order valence-electron chi connectivity index (χ0n) is 9.84. The molecule has 1 aliphatic rings. The van der Waals surface area contributed by atoms with Gasteiger partial charge < -0.3 is 9.84 Å². The molecular weight excluding hydrogens is 232 g/mol. The Balaban J connectivity index is 2.42. The maximum absolute atomic E-state index is 11.7. The number of esters is 1. The SMILES string of the molecule is C#Cc1ccccc1[C@@H]1C[C@]1(C(=O)O)C(=O)OC. The Kier molecular flexibility index (Phi) is 2.84. The molecule has 4 nitrogen and oxygen atoms in total. The van der Waals surface area contributed by atoms with Crippen molar-refractivity contribution in [3.63, 3.8) is 0 Å². The third-order valence-corrected chi connectivity index (χ3v) is 3.38. The van der Waals surface area contributed by atoms with Crippen LogP contribution in [0, 0.1) is 17.8 Å². The van der Waals surface area contributed by atoms with E-state index >= 15 is 0 Å². The second-order valence-corrected chi connectivity index (χ2v) is 4.26. The number of carboxylic acids is 1. The number of aliphatic carboxylic acids is 1. The van der Waals surface area contributed by atoms with Gasteiger partial charge in [0, 0.05) is 11.5 Å². The number of terminal acetylenes is 1. The number of carbonyl (C=O) groups excluding carboxylic acids is 1. The fourth-order valence-corrected chi connectivity index (χ4v) is 2.30. The van der Waals surface area contributed by atoms with Crippen molar-refractivity contribution in [1.29, 1.82) is 0 Å². The lowest BCUT2D eigenvalue weighted by atomic mass is 9.96. The molecule has 2 atom stereocenters. The fraction of sp³-hybridized carbons (Fsp3) is 0.286. The molecular formula is C14H12O4. The summed E-state index contributed by atoms with van der Waals surface area (Å²) in [6.07, 6.45) is 5.61. The Hall–Kier alpha value is -2.28. The molecule has 0 aromatic heterocycles. The van der Waals surface area contributed by atoms with Crippen LogP contribution in [0.25, 0.3) is 0 Å². The van der Waals surface area contributed by atoms with E-state index in [1.807, 2.05) is 0 Å². The summed E-state index contributed by atoms with van der Waals surface area (Å²) in [5.74, 6) is 0.221. The highest BCUT2D eigenvalue weighted by Crippen LogP contribution is 2.60. The van der Waals surface area contributed by atoms with Crippen LogP contribution in [0.4, 0.5) is 0 Å². The summed E-state index contributed by atoms with van der Waals surface area (Å²) in [5, 5.41) is 9.25. The predicted octanol–water partition coefficient (Wildman–Crippen LogP) is 1.40. The summed E-state index contributed by atoms with van der Waals surface area (Å²) in [4.78, 5) is 23.0. The van der Waals surface area contributed by atoms with Crippen molar-refractivity contribution < 1.29 is 19.4 Å². The van der Waals surface area contributed by atoms with E-state index in [0.29, 0.717) is 11.1 Å². The molecule has 1 aromatic carbocycles. The van der Waals surface area contributed by atoms with Crippen LogP contribution in [0.3, 0.4) is 0 Å². The van der Waals surface area contributed by atoms with Crippen molar-refractivity contribution in [1.82, 2.24) is 0 Å². The monoisotopic (exact) mass is 244 g/mol. The number of ether oxygens (including phenoxy) is 1. The fourth-order valence-electron chi connectivity index (χ4n) is 2.30. The van der Waals surface area contributed by atoms with Gasteiger partial charge in [-0.3, -0.25) is 9.59 Å². The molecule has 0 unspecified atom stereocenters. The van der Waals surface area contributed by atoms with Gasteiger partial charge in [0.2, 0.25) is 0 Å². The number of hydrogen-bond donors (Lipinski definition) is 1. The molecule has 1 fully saturated rings. The number of hydrogen-bond acceptors (Lipinski definition) is 3. The predicted molar refractivity (Wildman–Crippen MR) is 63.8 cm³/mol. The minimum absolute atomic E-state index is 0.230. The first-order chi connectivity index (χ1) is 8.57. The molecule has 1 aromatic rings. The number of rotatable bonds is 3. The van der Waals surface area contributed by atoms with Gasteiger partial charge in [-0.2, -0.15) is 0 Å². The molecule has 0 heterocycles. The summed E-state index contributed by atoms with van der Waals surface area (Å²) < 4.78 is 4.59. The van der Waals surface area contributed by atoms with E-state index in [4.69, 9.17) is 6.42 Å². The molecule has 4 heteroatoms. The van der Waals surface area contributed by atoms with Crippen molar-refractivity contribution in [2.24, 2.45) is 5.41 Å². The van der Waals surface area contributed by atoms with E-state index in [1.165, 1.54) is 7.11 Å². The van der Waals surface area contributed by atoms with Crippen molar-refractivity contribution >= 4 is 11.9 Å². The largest absolute Gasteiger partial charge is 0.480 e. The Morgan fingerprint density at radius 2 is 2.17 bits per heavy atom. The second kappa shape index (κ2) is 4.19. The zero-order valence-corrected chi connectivity index (χ0v) is 9.84. The highest BCUT2D eigenvalue weighted by atomic mass is 16.5. The van der Waals surface area contributed by atoms with Crippen molar-refractivity contribution in [2.45, 2.75) is 12.3 Å². The van der Waals surface area contributed by atoms with Gasteiger partial charge in [0.15, 0.2) is 5.41 Å². The van der Waals surface area contributed by atoms with Crippen molar-refractivity contribution in [3.05, 3.63) is 35.4 Å². The van der Waals surface area contributed by atoms with E-state index in [0.717, 1.165) is 0 Å². The van der Waals surface area contributed by atoms with Crippen LogP contribution in [0.2, 0.25) is 0 Å². The molecule has 18 heavy (non-hydrogen) atoms. The first-order valence-electron chi connectivity index (χ1n) is 5.45. The van der Waals surface area contributed by atoms with E-state index in [2.05, 4.69) is 10.7 Å². The Morgan fingerprint density at radius 1 is 1.50 bits per heavy atom. The summed E-state index contributed by atoms with van der Waals surface area (Å²) in [6, 6.07) is 7.05. The second-order valence-electron chi connectivity index (χ2n) is 4.26. The first-order valence-corrected chi connectivity index (χ1v) is 5.45. The minimum atomic E-state index is -1.47. The number of benzene rings is 1. The van der Waals surface area contributed by atoms with Gasteiger partial charge in [-0.15, -0.1) is 6.42 Å². The van der Waals surface area contributed by atoms with Crippen LogP contribution in [0.15, 0.2) is 24.3 Å². The molecule has 0 bridgehead atoms. The average molecular weight is 244 g/mol. The highest BCUT2D eigenvalue weighted by Gasteiger charge is 2.68. The molecule has 2 rings (SSSR count). The van der Waals surface area contributed by atoms with Gasteiger partial charge in [-0.05, 0) is 18.1 Å². The molecule has 1 N–H and O–H groups in total. The number of carbonyl (C=O) groups is 2. The molecule has 1 aliphatic carbocycles. The van der Waals surface area contributed by atoms with Crippen molar-refractivity contribution in [3.8, 4) is 12.3 Å². The van der Waals surface area contributed by atoms with Gasteiger partial charge in [-0.1, -0.05) is 24.1 Å². The lowest BCUT2D eigenvalue weighted by Gasteiger charge is -2.10. The molecule has 1 saturated carbocycles. The van der Waals surface area contributed by atoms with Crippen LogP contribution < -0.4 is 0 Å². The maximum Gasteiger partial charge on any atom is 0.323 e. The van der Waals surface area contributed by atoms with Gasteiger partial charge in [0.1, 0.15) is 0 Å². The normalized spacial score (nSPS) is 25.0. The van der Waals surface area contributed by atoms with E-state index in [1.54, 1.807) is 24.3 Å². The van der Waals surface area contributed by atoms with Crippen LogP contribution in [-0.4, -0.2) is 24.2 Å². The Labute approximate surface area is 105 Å². The number of methoxy groups -OCH3 is 1. The summed E-state index contributed by atoms with van der Waals surface area (Å²) >= 11 is 0. The van der Waals surface area contributed by atoms with E-state index < -0.39 is 23.3 Å². The zero-order chi connectivity index (χ0) is 13.3. The van der Waals surface area contributed by atoms with E-state index in [-0.39, 0.29) is 6.42 Å². The molecule has 0 amide bonds. The van der Waals surface area contributed by atoms with E-state index in [9.17, 15) is 14.7 Å². The van der Waals surface area contributed by atoms with Crippen LogP contribution in [0.1, 0.15) is 23.5 Å². The lowest BCUT2D eigenvalue weighted by molar-refractivity contribution is -0.159. The van der Waals surface area contributed by atoms with Crippen LogP contribution in [0.5, 0.6) is 0 Å². The minimum Gasteiger partial charge on any atom is -0.480 e. The molecule has 0 aliphatic heterocycles. The summed E-state index contributed by atoms with van der Waals surface area (Å²) in [7, 11) is 1.19. The number of carboxylic acid groups (broad SMARTS) is 1. The van der Waals surface area contributed by atoms with Crippen LogP contribution >= 0.6 is 0 Å². The third-order valence-electron chi connectivity index (χ3n) is 3.38.